The summed E-state index contributed by atoms with van der Waals surface area (Å²) in [7, 11) is -4.73. The molecule has 172 valence electrons. The van der Waals surface area contributed by atoms with Crippen LogP contribution >= 0.6 is 7.82 Å². The zero-order valence-electron chi connectivity index (χ0n) is 17.9. The third kappa shape index (κ3) is 19.2. The van der Waals surface area contributed by atoms with Gasteiger partial charge in [-0.15, -0.1) is 0 Å². The molecule has 0 saturated heterocycles. The largest absolute Gasteiger partial charge is 0.469 e. The monoisotopic (exact) mass is 436 g/mol. The van der Waals surface area contributed by atoms with Gasteiger partial charge in [-0.3, -0.25) is 9.32 Å². The number of hydrogen-bond donors (Lipinski definition) is 4. The maximum absolute atomic E-state index is 11.8. The number of hydrogen-bond acceptors (Lipinski definition) is 5. The first-order chi connectivity index (χ1) is 13.8. The van der Waals surface area contributed by atoms with Crippen LogP contribution in [0.15, 0.2) is 12.2 Å². The third-order valence-corrected chi connectivity index (χ3v) is 5.28. The fourth-order valence-corrected chi connectivity index (χ4v) is 3.34. The van der Waals surface area contributed by atoms with Crippen LogP contribution in [0, 0.1) is 0 Å². The summed E-state index contributed by atoms with van der Waals surface area (Å²) in [5.74, 6) is -0.538. The van der Waals surface area contributed by atoms with Crippen molar-refractivity contribution in [2.75, 3.05) is 6.61 Å². The highest BCUT2D eigenvalue weighted by Gasteiger charge is 2.26. The minimum absolute atomic E-state index is 0.131. The summed E-state index contributed by atoms with van der Waals surface area (Å²) in [6, 6.07) is 0. The second-order valence-electron chi connectivity index (χ2n) is 7.60. The van der Waals surface area contributed by atoms with Gasteiger partial charge in [-0.05, 0) is 32.1 Å². The lowest BCUT2D eigenvalue weighted by molar-refractivity contribution is -0.134. The van der Waals surface area contributed by atoms with Crippen LogP contribution in [0.5, 0.6) is 0 Å². The molecule has 0 aliphatic rings. The van der Waals surface area contributed by atoms with Gasteiger partial charge in [-0.1, -0.05) is 70.4 Å². The van der Waals surface area contributed by atoms with Gasteiger partial charge in [0.25, 0.3) is 0 Å². The van der Waals surface area contributed by atoms with Crippen molar-refractivity contribution in [3.63, 3.8) is 0 Å². The van der Waals surface area contributed by atoms with E-state index in [0.29, 0.717) is 6.42 Å². The molecule has 0 radical (unpaired) electrons. The van der Waals surface area contributed by atoms with Crippen molar-refractivity contribution in [3.05, 3.63) is 12.2 Å². The molecule has 0 bridgehead atoms. The van der Waals surface area contributed by atoms with Crippen LogP contribution in [0.3, 0.4) is 0 Å². The maximum atomic E-state index is 11.8. The number of ketones is 1. The molecule has 29 heavy (non-hydrogen) atoms. The normalized spacial score (nSPS) is 14.4. The Morgan fingerprint density at radius 1 is 0.862 bits per heavy atom. The Morgan fingerprint density at radius 2 is 1.34 bits per heavy atom. The number of aliphatic hydroxyl groups excluding tert-OH is 2. The summed E-state index contributed by atoms with van der Waals surface area (Å²) in [6.45, 7) is 1.44. The molecule has 7 nitrogen and oxygen atoms in total. The molecule has 0 amide bonds. The molecule has 2 atom stereocenters. The Bertz CT molecular complexity index is 476. The van der Waals surface area contributed by atoms with E-state index in [1.54, 1.807) is 0 Å². The number of phosphoric ester groups is 1. The molecule has 8 heteroatoms. The molecule has 0 aromatic rings. The Hall–Kier alpha value is -0.560. The molecule has 4 N–H and O–H groups in total. The molecule has 0 spiro atoms. The van der Waals surface area contributed by atoms with Gasteiger partial charge in [0, 0.05) is 6.42 Å². The fourth-order valence-electron chi connectivity index (χ4n) is 3.00. The molecule has 0 heterocycles. The minimum atomic E-state index is -4.73. The topological polar surface area (TPSA) is 124 Å². The zero-order chi connectivity index (χ0) is 22.0. The predicted octanol–water partition coefficient (Wildman–Crippen LogP) is 4.42. The number of carbonyl (C=O) groups is 1. The van der Waals surface area contributed by atoms with Gasteiger partial charge in [-0.2, -0.15) is 0 Å². The average molecular weight is 437 g/mol. The van der Waals surface area contributed by atoms with Crippen LogP contribution in [0.4, 0.5) is 0 Å². The lowest BCUT2D eigenvalue weighted by atomic mass is 10.0. The first-order valence-corrected chi connectivity index (χ1v) is 12.5. The van der Waals surface area contributed by atoms with Crippen molar-refractivity contribution in [2.24, 2.45) is 0 Å². The van der Waals surface area contributed by atoms with Gasteiger partial charge in [0.2, 0.25) is 0 Å². The standard InChI is InChI=1S/C21H41O7P/c1-2-3-4-5-6-7-8-9-10-11-12-13-14-15-16-17-19(22)21(24)20(23)18-28-29(25,26)27/h9-10,20-21,23-24H,2-8,11-18H2,1H3,(H2,25,26,27)/b10-9-. The van der Waals surface area contributed by atoms with Gasteiger partial charge < -0.3 is 20.0 Å². The Morgan fingerprint density at radius 3 is 1.86 bits per heavy atom. The lowest BCUT2D eigenvalue weighted by Crippen LogP contribution is -2.36. The van der Waals surface area contributed by atoms with Crippen molar-refractivity contribution in [1.82, 2.24) is 0 Å². The van der Waals surface area contributed by atoms with E-state index < -0.39 is 32.4 Å². The van der Waals surface area contributed by atoms with Crippen molar-refractivity contribution in [1.29, 1.82) is 0 Å². The van der Waals surface area contributed by atoms with Crippen molar-refractivity contribution in [2.45, 2.75) is 109 Å². The number of allylic oxidation sites excluding steroid dienone is 2. The molecule has 0 rings (SSSR count). The summed E-state index contributed by atoms with van der Waals surface area (Å²) < 4.78 is 14.6. The van der Waals surface area contributed by atoms with Crippen molar-refractivity contribution < 1.29 is 33.9 Å². The highest BCUT2D eigenvalue weighted by molar-refractivity contribution is 7.46. The number of rotatable bonds is 20. The number of carbonyl (C=O) groups excluding carboxylic acids is 1. The van der Waals surface area contributed by atoms with Gasteiger partial charge in [0.05, 0.1) is 6.61 Å². The third-order valence-electron chi connectivity index (χ3n) is 4.79. The predicted molar refractivity (Wildman–Crippen MR) is 114 cm³/mol. The van der Waals surface area contributed by atoms with Crippen LogP contribution in [-0.4, -0.2) is 44.6 Å². The van der Waals surface area contributed by atoms with Crippen molar-refractivity contribution in [3.8, 4) is 0 Å². The van der Waals surface area contributed by atoms with Crippen LogP contribution < -0.4 is 0 Å². The smallest absolute Gasteiger partial charge is 0.388 e. The molecular weight excluding hydrogens is 395 g/mol. The average Bonchev–Trinajstić information content (AvgIpc) is 2.67. The van der Waals surface area contributed by atoms with E-state index in [1.165, 1.54) is 44.9 Å². The maximum Gasteiger partial charge on any atom is 0.469 e. The summed E-state index contributed by atoms with van der Waals surface area (Å²) >= 11 is 0. The SMILES string of the molecule is CCCCCCCC/C=C\CCCCCCCC(=O)C(O)C(O)COP(=O)(O)O. The first-order valence-electron chi connectivity index (χ1n) is 11.0. The summed E-state index contributed by atoms with van der Waals surface area (Å²) in [5.41, 5.74) is 0. The van der Waals surface area contributed by atoms with E-state index in [4.69, 9.17) is 9.79 Å². The lowest BCUT2D eigenvalue weighted by Gasteiger charge is -2.17. The second-order valence-corrected chi connectivity index (χ2v) is 8.84. The molecule has 0 fully saturated rings. The summed E-state index contributed by atoms with van der Waals surface area (Å²) in [4.78, 5) is 28.9. The van der Waals surface area contributed by atoms with E-state index in [1.807, 2.05) is 0 Å². The highest BCUT2D eigenvalue weighted by Crippen LogP contribution is 2.35. The second kappa shape index (κ2) is 18.2. The van der Waals surface area contributed by atoms with Gasteiger partial charge in [0.15, 0.2) is 5.78 Å². The van der Waals surface area contributed by atoms with Crippen LogP contribution in [0.25, 0.3) is 0 Å². The van der Waals surface area contributed by atoms with Gasteiger partial charge >= 0.3 is 7.82 Å². The van der Waals surface area contributed by atoms with Gasteiger partial charge in [0.1, 0.15) is 12.2 Å². The number of phosphoric acid groups is 1. The Labute approximate surface area is 175 Å². The number of aliphatic hydroxyl groups is 2. The number of unbranched alkanes of at least 4 members (excludes halogenated alkanes) is 11. The molecule has 0 aromatic carbocycles. The quantitative estimate of drug-likeness (QED) is 0.126. The summed E-state index contributed by atoms with van der Waals surface area (Å²) in [6.07, 6.45) is 16.3. The summed E-state index contributed by atoms with van der Waals surface area (Å²) in [5, 5.41) is 19.2. The highest BCUT2D eigenvalue weighted by atomic mass is 31.2. The molecule has 2 unspecified atom stereocenters. The number of Topliss-reactive ketones (excluding diaryl/α,β-unsaturated/α-hetero) is 1. The van der Waals surface area contributed by atoms with E-state index in [0.717, 1.165) is 32.1 Å². The van der Waals surface area contributed by atoms with Crippen LogP contribution in [0.1, 0.15) is 96.8 Å². The van der Waals surface area contributed by atoms with Crippen LogP contribution in [0.2, 0.25) is 0 Å². The molecule has 0 aliphatic heterocycles. The van der Waals surface area contributed by atoms with E-state index in [-0.39, 0.29) is 6.42 Å². The van der Waals surface area contributed by atoms with E-state index in [2.05, 4.69) is 23.6 Å². The van der Waals surface area contributed by atoms with E-state index >= 15 is 0 Å². The molecule has 0 aliphatic carbocycles. The minimum Gasteiger partial charge on any atom is -0.388 e. The zero-order valence-corrected chi connectivity index (χ0v) is 18.8. The first kappa shape index (κ1) is 28.4. The molecule has 0 saturated carbocycles. The molecule has 0 aromatic heterocycles. The fraction of sp³-hybridized carbons (Fsp3) is 0.857. The Balaban J connectivity index is 3.54. The van der Waals surface area contributed by atoms with E-state index in [9.17, 15) is 19.6 Å². The molecular formula is C21H41O7P. The van der Waals surface area contributed by atoms with Crippen molar-refractivity contribution >= 4 is 13.6 Å². The van der Waals surface area contributed by atoms with Gasteiger partial charge in [-0.25, -0.2) is 4.57 Å². The Kier molecular flexibility index (Phi) is 17.9. The van der Waals surface area contributed by atoms with Crippen LogP contribution in [-0.2, 0) is 13.9 Å².